The summed E-state index contributed by atoms with van der Waals surface area (Å²) in [5.74, 6) is 0.160. The molecule has 2 aromatic rings. The smallest absolute Gasteiger partial charge is 0.329 e. The van der Waals surface area contributed by atoms with E-state index in [1.165, 1.54) is 4.57 Å². The lowest BCUT2D eigenvalue weighted by Gasteiger charge is -2.27. The number of hydrogen-bond donors (Lipinski definition) is 3. The van der Waals surface area contributed by atoms with Gasteiger partial charge in [-0.05, 0) is 18.9 Å². The van der Waals surface area contributed by atoms with Crippen LogP contribution in [0.2, 0.25) is 0 Å². The van der Waals surface area contributed by atoms with Gasteiger partial charge >= 0.3 is 5.69 Å². The van der Waals surface area contributed by atoms with Crippen molar-refractivity contribution < 1.29 is 4.79 Å². The zero-order valence-electron chi connectivity index (χ0n) is 14.7. The van der Waals surface area contributed by atoms with Crippen molar-refractivity contribution in [1.29, 1.82) is 0 Å². The van der Waals surface area contributed by atoms with Gasteiger partial charge in [0.2, 0.25) is 0 Å². The Hall–Kier alpha value is -2.48. The topological polar surface area (TPSA) is 109 Å². The third-order valence-corrected chi connectivity index (χ3v) is 4.54. The first-order chi connectivity index (χ1) is 11.9. The molecule has 3 rings (SSSR count). The molecule has 134 valence electrons. The number of aromatic nitrogens is 3. The molecule has 25 heavy (non-hydrogen) atoms. The van der Waals surface area contributed by atoms with Crippen LogP contribution >= 0.6 is 0 Å². The molecular formula is C17H23N5O3. The van der Waals surface area contributed by atoms with Crippen LogP contribution < -0.4 is 21.9 Å². The molecule has 3 heterocycles. The van der Waals surface area contributed by atoms with Crippen molar-refractivity contribution in [2.24, 2.45) is 5.92 Å². The van der Waals surface area contributed by atoms with E-state index in [1.54, 1.807) is 13.0 Å². The molecular weight excluding hydrogens is 322 g/mol. The maximum Gasteiger partial charge on any atom is 0.329 e. The van der Waals surface area contributed by atoms with Gasteiger partial charge in [-0.3, -0.25) is 19.1 Å². The van der Waals surface area contributed by atoms with Crippen LogP contribution in [0.25, 0.3) is 11.0 Å². The second-order valence-corrected chi connectivity index (χ2v) is 6.69. The lowest BCUT2D eigenvalue weighted by Crippen LogP contribution is -2.48. The standard InChI is InChI=1S/C17H23N5O3/c1-4-22-14-13(16(24)21-17(22)25)11(5-12(20-14)9(2)3)15(23)19-8-10-6-18-7-10/h5,9-10,18H,4,6-8H2,1-3H3,(H,19,23)(H,21,24,25). The van der Waals surface area contributed by atoms with E-state index in [1.807, 2.05) is 13.8 Å². The largest absolute Gasteiger partial charge is 0.352 e. The Kier molecular flexibility index (Phi) is 4.71. The average Bonchev–Trinajstić information content (AvgIpc) is 2.52. The quantitative estimate of drug-likeness (QED) is 0.716. The number of amides is 1. The second kappa shape index (κ2) is 6.79. The number of aryl methyl sites for hydroxylation is 1. The van der Waals surface area contributed by atoms with Crippen LogP contribution in [0, 0.1) is 5.92 Å². The first-order valence-electron chi connectivity index (χ1n) is 8.59. The average molecular weight is 345 g/mol. The molecule has 0 bridgehead atoms. The first kappa shape index (κ1) is 17.3. The zero-order chi connectivity index (χ0) is 18.1. The van der Waals surface area contributed by atoms with E-state index < -0.39 is 11.2 Å². The molecule has 0 aliphatic carbocycles. The van der Waals surface area contributed by atoms with Crippen molar-refractivity contribution in [3.8, 4) is 0 Å². The molecule has 0 saturated carbocycles. The van der Waals surface area contributed by atoms with Crippen molar-refractivity contribution in [2.75, 3.05) is 19.6 Å². The Morgan fingerprint density at radius 2 is 2.12 bits per heavy atom. The fraction of sp³-hybridized carbons (Fsp3) is 0.529. The number of aromatic amines is 1. The fourth-order valence-electron chi connectivity index (χ4n) is 2.89. The van der Waals surface area contributed by atoms with Crippen LogP contribution in [0.5, 0.6) is 0 Å². The van der Waals surface area contributed by atoms with Crippen LogP contribution in [0.1, 0.15) is 42.7 Å². The maximum atomic E-state index is 12.7. The van der Waals surface area contributed by atoms with E-state index in [4.69, 9.17) is 0 Å². The van der Waals surface area contributed by atoms with Crippen molar-refractivity contribution in [1.82, 2.24) is 25.2 Å². The summed E-state index contributed by atoms with van der Waals surface area (Å²) in [6.07, 6.45) is 0. The summed E-state index contributed by atoms with van der Waals surface area (Å²) in [5, 5.41) is 6.21. The molecule has 0 atom stereocenters. The van der Waals surface area contributed by atoms with Crippen LogP contribution in [0.15, 0.2) is 15.7 Å². The van der Waals surface area contributed by atoms with Crippen LogP contribution in [0.4, 0.5) is 0 Å². The van der Waals surface area contributed by atoms with E-state index >= 15 is 0 Å². The lowest BCUT2D eigenvalue weighted by atomic mass is 10.0. The number of H-pyrrole nitrogens is 1. The van der Waals surface area contributed by atoms with E-state index in [2.05, 4.69) is 20.6 Å². The highest BCUT2D eigenvalue weighted by molar-refractivity contribution is 6.05. The summed E-state index contributed by atoms with van der Waals surface area (Å²) >= 11 is 0. The highest BCUT2D eigenvalue weighted by atomic mass is 16.2. The summed E-state index contributed by atoms with van der Waals surface area (Å²) in [7, 11) is 0. The lowest BCUT2D eigenvalue weighted by molar-refractivity contribution is 0.0943. The van der Waals surface area contributed by atoms with Gasteiger partial charge in [-0.15, -0.1) is 0 Å². The minimum Gasteiger partial charge on any atom is -0.352 e. The Bertz CT molecular complexity index is 924. The molecule has 0 aromatic carbocycles. The molecule has 1 saturated heterocycles. The van der Waals surface area contributed by atoms with Gasteiger partial charge in [-0.1, -0.05) is 13.8 Å². The highest BCUT2D eigenvalue weighted by Crippen LogP contribution is 2.19. The van der Waals surface area contributed by atoms with E-state index in [-0.39, 0.29) is 28.4 Å². The van der Waals surface area contributed by atoms with Gasteiger partial charge in [0.25, 0.3) is 11.5 Å². The summed E-state index contributed by atoms with van der Waals surface area (Å²) in [4.78, 5) is 43.9. The number of nitrogens with one attached hydrogen (secondary N) is 3. The molecule has 1 fully saturated rings. The molecule has 2 aromatic heterocycles. The molecule has 1 aliphatic rings. The number of pyridine rings is 1. The van der Waals surface area contributed by atoms with Gasteiger partial charge < -0.3 is 10.6 Å². The molecule has 1 aliphatic heterocycles. The van der Waals surface area contributed by atoms with Gasteiger partial charge in [0, 0.05) is 37.8 Å². The van der Waals surface area contributed by atoms with E-state index in [9.17, 15) is 14.4 Å². The number of rotatable bonds is 5. The van der Waals surface area contributed by atoms with Gasteiger partial charge in [-0.25, -0.2) is 9.78 Å². The second-order valence-electron chi connectivity index (χ2n) is 6.69. The van der Waals surface area contributed by atoms with Crippen LogP contribution in [-0.2, 0) is 6.54 Å². The molecule has 8 nitrogen and oxygen atoms in total. The molecule has 0 radical (unpaired) electrons. The fourth-order valence-corrected chi connectivity index (χ4v) is 2.89. The normalized spacial score (nSPS) is 14.7. The Balaban J connectivity index is 2.16. The number of hydrogen-bond acceptors (Lipinski definition) is 5. The van der Waals surface area contributed by atoms with Crippen molar-refractivity contribution in [3.63, 3.8) is 0 Å². The van der Waals surface area contributed by atoms with Gasteiger partial charge in [-0.2, -0.15) is 0 Å². The van der Waals surface area contributed by atoms with Crippen LogP contribution in [-0.4, -0.2) is 40.1 Å². The number of fused-ring (bicyclic) bond motifs is 1. The SMILES string of the molecule is CCn1c(=O)[nH]c(=O)c2c(C(=O)NCC3CNC3)cc(C(C)C)nc21. The molecule has 8 heteroatoms. The van der Waals surface area contributed by atoms with E-state index in [0.29, 0.717) is 24.7 Å². The number of carbonyl (C=O) groups excluding carboxylic acids is 1. The Morgan fingerprint density at radius 3 is 2.68 bits per heavy atom. The van der Waals surface area contributed by atoms with Gasteiger partial charge in [0.05, 0.1) is 10.9 Å². The molecule has 0 unspecified atom stereocenters. The predicted molar refractivity (Wildman–Crippen MR) is 95.1 cm³/mol. The summed E-state index contributed by atoms with van der Waals surface area (Å²) in [6, 6.07) is 1.65. The number of nitrogens with zero attached hydrogens (tertiary/aromatic N) is 2. The van der Waals surface area contributed by atoms with Gasteiger partial charge in [0.1, 0.15) is 0 Å². The maximum absolute atomic E-state index is 12.7. The predicted octanol–water partition coefficient (Wildman–Crippen LogP) is 0.177. The highest BCUT2D eigenvalue weighted by Gasteiger charge is 2.22. The van der Waals surface area contributed by atoms with Crippen molar-refractivity contribution in [2.45, 2.75) is 33.2 Å². The summed E-state index contributed by atoms with van der Waals surface area (Å²) in [6.45, 7) is 8.38. The minimum atomic E-state index is -0.581. The number of carbonyl (C=O) groups is 1. The molecule has 3 N–H and O–H groups in total. The Morgan fingerprint density at radius 1 is 1.40 bits per heavy atom. The first-order valence-corrected chi connectivity index (χ1v) is 8.59. The third kappa shape index (κ3) is 3.21. The van der Waals surface area contributed by atoms with Crippen molar-refractivity contribution >= 4 is 16.9 Å². The van der Waals surface area contributed by atoms with E-state index in [0.717, 1.165) is 13.1 Å². The summed E-state index contributed by atoms with van der Waals surface area (Å²) in [5.41, 5.74) is 0.112. The Labute approximate surface area is 144 Å². The summed E-state index contributed by atoms with van der Waals surface area (Å²) < 4.78 is 1.38. The van der Waals surface area contributed by atoms with Gasteiger partial charge in [0.15, 0.2) is 5.65 Å². The third-order valence-electron chi connectivity index (χ3n) is 4.54. The minimum absolute atomic E-state index is 0.0616. The zero-order valence-corrected chi connectivity index (χ0v) is 14.7. The van der Waals surface area contributed by atoms with Crippen LogP contribution in [0.3, 0.4) is 0 Å². The monoisotopic (exact) mass is 345 g/mol. The van der Waals surface area contributed by atoms with Crippen molar-refractivity contribution in [3.05, 3.63) is 38.2 Å². The molecule has 0 spiro atoms. The molecule has 1 amide bonds.